The van der Waals surface area contributed by atoms with Crippen molar-refractivity contribution in [2.75, 3.05) is 13.2 Å². The standard InChI is InChI=1S/C11H21NO4/c1-3-4-5-6-7-10-15-8-11(2,9-16-10)12(13)14/h10H,3-9H2,1-2H3. The number of hydrogen-bond acceptors (Lipinski definition) is 4. The molecule has 1 aliphatic rings. The molecule has 0 aromatic heterocycles. The molecule has 0 spiro atoms. The van der Waals surface area contributed by atoms with Crippen LogP contribution in [0.25, 0.3) is 0 Å². The van der Waals surface area contributed by atoms with Crippen molar-refractivity contribution in [3.8, 4) is 0 Å². The number of nitro groups is 1. The zero-order valence-corrected chi connectivity index (χ0v) is 10.1. The summed E-state index contributed by atoms with van der Waals surface area (Å²) in [5, 5.41) is 10.7. The lowest BCUT2D eigenvalue weighted by molar-refractivity contribution is -0.586. The quantitative estimate of drug-likeness (QED) is 0.400. The molecule has 1 rings (SSSR count). The molecule has 0 unspecified atom stereocenters. The van der Waals surface area contributed by atoms with Gasteiger partial charge in [0.15, 0.2) is 6.29 Å². The highest BCUT2D eigenvalue weighted by atomic mass is 16.7. The molecular weight excluding hydrogens is 210 g/mol. The van der Waals surface area contributed by atoms with Crippen molar-refractivity contribution in [2.24, 2.45) is 0 Å². The van der Waals surface area contributed by atoms with Gasteiger partial charge in [0.25, 0.3) is 5.54 Å². The van der Waals surface area contributed by atoms with Crippen molar-refractivity contribution in [3.05, 3.63) is 10.1 Å². The molecule has 5 nitrogen and oxygen atoms in total. The Morgan fingerprint density at radius 3 is 2.44 bits per heavy atom. The van der Waals surface area contributed by atoms with E-state index in [1.165, 1.54) is 19.3 Å². The van der Waals surface area contributed by atoms with E-state index in [-0.39, 0.29) is 24.4 Å². The highest BCUT2D eigenvalue weighted by Gasteiger charge is 2.43. The fraction of sp³-hybridized carbons (Fsp3) is 1.00. The molecule has 5 heteroatoms. The number of unbranched alkanes of at least 4 members (excludes halogenated alkanes) is 3. The molecule has 0 aromatic carbocycles. The maximum atomic E-state index is 10.7. The Morgan fingerprint density at radius 1 is 1.31 bits per heavy atom. The van der Waals surface area contributed by atoms with Gasteiger partial charge in [-0.3, -0.25) is 10.1 Å². The molecule has 0 aromatic rings. The van der Waals surface area contributed by atoms with E-state index in [0.717, 1.165) is 12.8 Å². The van der Waals surface area contributed by atoms with Crippen molar-refractivity contribution in [2.45, 2.75) is 57.8 Å². The minimum Gasteiger partial charge on any atom is -0.345 e. The molecule has 0 saturated carbocycles. The Balaban J connectivity index is 2.19. The first-order valence-corrected chi connectivity index (χ1v) is 5.96. The Bertz CT molecular complexity index is 224. The smallest absolute Gasteiger partial charge is 0.265 e. The average Bonchev–Trinajstić information content (AvgIpc) is 2.27. The Morgan fingerprint density at radius 2 is 1.94 bits per heavy atom. The van der Waals surface area contributed by atoms with Crippen LogP contribution in [0.1, 0.15) is 46.0 Å². The van der Waals surface area contributed by atoms with Crippen molar-refractivity contribution < 1.29 is 14.4 Å². The van der Waals surface area contributed by atoms with Gasteiger partial charge in [0, 0.05) is 11.8 Å². The molecule has 0 N–H and O–H groups in total. The third-order valence-corrected chi connectivity index (χ3v) is 2.89. The Hall–Kier alpha value is -0.680. The van der Waals surface area contributed by atoms with E-state index in [2.05, 4.69) is 6.92 Å². The molecule has 1 heterocycles. The molecule has 94 valence electrons. The van der Waals surface area contributed by atoms with E-state index in [1.54, 1.807) is 6.92 Å². The highest BCUT2D eigenvalue weighted by molar-refractivity contribution is 4.76. The SMILES string of the molecule is CCCCCCC1OCC(C)([N+](=O)[O-])CO1. The molecule has 0 atom stereocenters. The third kappa shape index (κ3) is 3.72. The van der Waals surface area contributed by atoms with Gasteiger partial charge >= 0.3 is 0 Å². The van der Waals surface area contributed by atoms with E-state index in [4.69, 9.17) is 9.47 Å². The zero-order valence-electron chi connectivity index (χ0n) is 10.1. The first-order valence-electron chi connectivity index (χ1n) is 5.96. The molecule has 0 bridgehead atoms. The second kappa shape index (κ2) is 6.15. The fourth-order valence-electron chi connectivity index (χ4n) is 1.64. The van der Waals surface area contributed by atoms with Crippen molar-refractivity contribution in [1.82, 2.24) is 0 Å². The van der Waals surface area contributed by atoms with Crippen molar-refractivity contribution >= 4 is 0 Å². The Kier molecular flexibility index (Phi) is 5.15. The second-order valence-electron chi connectivity index (χ2n) is 4.65. The van der Waals surface area contributed by atoms with Gasteiger partial charge in [-0.25, -0.2) is 0 Å². The van der Waals surface area contributed by atoms with Crippen LogP contribution in [-0.2, 0) is 9.47 Å². The van der Waals surface area contributed by atoms with Crippen molar-refractivity contribution in [1.29, 1.82) is 0 Å². The van der Waals surface area contributed by atoms with Gasteiger partial charge < -0.3 is 9.47 Å². The summed E-state index contributed by atoms with van der Waals surface area (Å²) in [7, 11) is 0. The molecule has 0 amide bonds. The first kappa shape index (κ1) is 13.4. The maximum Gasteiger partial charge on any atom is 0.265 e. The van der Waals surface area contributed by atoms with Crippen LogP contribution in [-0.4, -0.2) is 30.0 Å². The number of ether oxygens (including phenoxy) is 2. The minimum absolute atomic E-state index is 0.151. The van der Waals surface area contributed by atoms with Crippen LogP contribution in [0.2, 0.25) is 0 Å². The van der Waals surface area contributed by atoms with Crippen LogP contribution in [0, 0.1) is 10.1 Å². The molecule has 1 aliphatic heterocycles. The van der Waals surface area contributed by atoms with Gasteiger partial charge in [0.2, 0.25) is 0 Å². The molecule has 1 fully saturated rings. The highest BCUT2D eigenvalue weighted by Crippen LogP contribution is 2.21. The summed E-state index contributed by atoms with van der Waals surface area (Å²) in [4.78, 5) is 10.4. The van der Waals surface area contributed by atoms with Gasteiger partial charge in [-0.05, 0) is 12.8 Å². The van der Waals surface area contributed by atoms with Crippen LogP contribution >= 0.6 is 0 Å². The van der Waals surface area contributed by atoms with Gasteiger partial charge in [-0.15, -0.1) is 0 Å². The number of hydrogen-bond donors (Lipinski definition) is 0. The zero-order chi connectivity index (χ0) is 12.0. The summed E-state index contributed by atoms with van der Waals surface area (Å²) in [6.07, 6.45) is 5.25. The summed E-state index contributed by atoms with van der Waals surface area (Å²) in [5.74, 6) is 0. The first-order chi connectivity index (χ1) is 7.58. The van der Waals surface area contributed by atoms with Crippen LogP contribution in [0.15, 0.2) is 0 Å². The van der Waals surface area contributed by atoms with E-state index >= 15 is 0 Å². The summed E-state index contributed by atoms with van der Waals surface area (Å²) in [5.41, 5.74) is -1.07. The van der Waals surface area contributed by atoms with Gasteiger partial charge in [0.05, 0.1) is 0 Å². The van der Waals surface area contributed by atoms with Crippen LogP contribution < -0.4 is 0 Å². The second-order valence-corrected chi connectivity index (χ2v) is 4.65. The van der Waals surface area contributed by atoms with Gasteiger partial charge in [0.1, 0.15) is 13.2 Å². The monoisotopic (exact) mass is 231 g/mol. The van der Waals surface area contributed by atoms with Crippen LogP contribution in [0.3, 0.4) is 0 Å². The normalized spacial score (nSPS) is 30.2. The largest absolute Gasteiger partial charge is 0.345 e. The predicted octanol–water partition coefficient (Wildman–Crippen LogP) is 2.37. The lowest BCUT2D eigenvalue weighted by atomic mass is 10.1. The lowest BCUT2D eigenvalue weighted by Gasteiger charge is -2.31. The van der Waals surface area contributed by atoms with E-state index in [9.17, 15) is 10.1 Å². The molecule has 1 saturated heterocycles. The lowest BCUT2D eigenvalue weighted by Crippen LogP contribution is -2.50. The summed E-state index contributed by atoms with van der Waals surface area (Å²) < 4.78 is 10.7. The number of nitrogens with zero attached hydrogens (tertiary/aromatic N) is 1. The summed E-state index contributed by atoms with van der Waals surface area (Å²) >= 11 is 0. The molecular formula is C11H21NO4. The topological polar surface area (TPSA) is 61.6 Å². The maximum absolute atomic E-state index is 10.7. The van der Waals surface area contributed by atoms with Crippen LogP contribution in [0.5, 0.6) is 0 Å². The summed E-state index contributed by atoms with van der Waals surface area (Å²) in [6, 6.07) is 0. The number of rotatable bonds is 6. The average molecular weight is 231 g/mol. The molecule has 16 heavy (non-hydrogen) atoms. The minimum atomic E-state index is -1.07. The van der Waals surface area contributed by atoms with Crippen molar-refractivity contribution in [3.63, 3.8) is 0 Å². The molecule has 0 aliphatic carbocycles. The van der Waals surface area contributed by atoms with Crippen LogP contribution in [0.4, 0.5) is 0 Å². The fourth-order valence-corrected chi connectivity index (χ4v) is 1.64. The predicted molar refractivity (Wildman–Crippen MR) is 59.9 cm³/mol. The third-order valence-electron chi connectivity index (χ3n) is 2.89. The van der Waals surface area contributed by atoms with Gasteiger partial charge in [-0.2, -0.15) is 0 Å². The van der Waals surface area contributed by atoms with E-state index in [0.29, 0.717) is 0 Å². The summed E-state index contributed by atoms with van der Waals surface area (Å²) in [6.45, 7) is 4.02. The Labute approximate surface area is 96.3 Å². The van der Waals surface area contributed by atoms with E-state index in [1.807, 2.05) is 0 Å². The molecule has 0 radical (unpaired) electrons. The van der Waals surface area contributed by atoms with E-state index < -0.39 is 5.54 Å². The van der Waals surface area contributed by atoms with Gasteiger partial charge in [-0.1, -0.05) is 26.2 Å².